The van der Waals surface area contributed by atoms with Crippen LogP contribution in [0.15, 0.2) is 103 Å². The lowest BCUT2D eigenvalue weighted by molar-refractivity contribution is 1.27. The molecule has 2 nitrogen and oxygen atoms in total. The molecule has 0 fully saturated rings. The van der Waals surface area contributed by atoms with Gasteiger partial charge in [0.05, 0.1) is 0 Å². The quantitative estimate of drug-likeness (QED) is 0.394. The van der Waals surface area contributed by atoms with E-state index >= 15 is 0 Å². The van der Waals surface area contributed by atoms with Crippen LogP contribution < -0.4 is 10.2 Å². The number of hydrogen-bond acceptors (Lipinski definition) is 2. The highest BCUT2D eigenvalue weighted by atomic mass is 15.1. The molecule has 28 heavy (non-hydrogen) atoms. The number of rotatable bonds is 5. The molecule has 0 aliphatic heterocycles. The number of nitrogens with one attached hydrogen (secondary N) is 1. The molecule has 0 aromatic heterocycles. The van der Waals surface area contributed by atoms with Crippen molar-refractivity contribution in [3.05, 3.63) is 114 Å². The number of anilines is 5. The fraction of sp³-hybridized carbons (Fsp3) is 0.0769. The Morgan fingerprint density at radius 2 is 0.857 bits per heavy atom. The first kappa shape index (κ1) is 17.9. The number of aryl methyl sites for hydroxylation is 2. The fourth-order valence-corrected chi connectivity index (χ4v) is 3.22. The Morgan fingerprint density at radius 1 is 0.464 bits per heavy atom. The van der Waals surface area contributed by atoms with Gasteiger partial charge in [-0.25, -0.2) is 0 Å². The Hall–Kier alpha value is -3.52. The van der Waals surface area contributed by atoms with E-state index in [2.05, 4.69) is 109 Å². The summed E-state index contributed by atoms with van der Waals surface area (Å²) in [6.07, 6.45) is 0. The zero-order chi connectivity index (χ0) is 19.3. The molecule has 0 saturated heterocycles. The molecule has 2 heteroatoms. The first-order valence-corrected chi connectivity index (χ1v) is 9.55. The second-order valence-electron chi connectivity index (χ2n) is 7.04. The molecule has 4 rings (SSSR count). The highest BCUT2D eigenvalue weighted by Crippen LogP contribution is 2.35. The summed E-state index contributed by atoms with van der Waals surface area (Å²) >= 11 is 0. The van der Waals surface area contributed by atoms with E-state index in [0.29, 0.717) is 0 Å². The zero-order valence-corrected chi connectivity index (χ0v) is 16.3. The van der Waals surface area contributed by atoms with Gasteiger partial charge in [0.15, 0.2) is 0 Å². The molecule has 0 aliphatic rings. The molecule has 1 N–H and O–H groups in total. The minimum atomic E-state index is 1.07. The zero-order valence-electron chi connectivity index (χ0n) is 16.3. The van der Waals surface area contributed by atoms with Crippen LogP contribution in [0.25, 0.3) is 0 Å². The summed E-state index contributed by atoms with van der Waals surface area (Å²) in [5, 5.41) is 3.45. The van der Waals surface area contributed by atoms with Crippen molar-refractivity contribution in [3.63, 3.8) is 0 Å². The average Bonchev–Trinajstić information content (AvgIpc) is 2.73. The normalized spacial score (nSPS) is 10.5. The van der Waals surface area contributed by atoms with E-state index in [1.807, 2.05) is 18.2 Å². The van der Waals surface area contributed by atoms with Gasteiger partial charge in [-0.3, -0.25) is 0 Å². The van der Waals surface area contributed by atoms with Crippen LogP contribution in [0.3, 0.4) is 0 Å². The van der Waals surface area contributed by atoms with Crippen LogP contribution in [-0.4, -0.2) is 0 Å². The molecular weight excluding hydrogens is 340 g/mol. The Kier molecular flexibility index (Phi) is 5.11. The van der Waals surface area contributed by atoms with Gasteiger partial charge >= 0.3 is 0 Å². The third-order valence-corrected chi connectivity index (χ3v) is 4.77. The lowest BCUT2D eigenvalue weighted by atomic mass is 10.1. The maximum Gasteiger partial charge on any atom is 0.0463 e. The number of nitrogens with zero attached hydrogens (tertiary/aromatic N) is 1. The number of para-hydroxylation sites is 1. The van der Waals surface area contributed by atoms with Gasteiger partial charge in [-0.2, -0.15) is 0 Å². The third-order valence-electron chi connectivity index (χ3n) is 4.77. The molecule has 0 bridgehead atoms. The van der Waals surface area contributed by atoms with Gasteiger partial charge < -0.3 is 10.2 Å². The predicted molar refractivity (Wildman–Crippen MR) is 120 cm³/mol. The summed E-state index contributed by atoms with van der Waals surface area (Å²) in [6.45, 7) is 4.23. The van der Waals surface area contributed by atoms with E-state index in [1.54, 1.807) is 0 Å². The average molecular weight is 364 g/mol. The molecule has 138 valence electrons. The van der Waals surface area contributed by atoms with Gasteiger partial charge in [-0.1, -0.05) is 53.6 Å². The molecule has 0 radical (unpaired) electrons. The Labute approximate surface area is 167 Å². The smallest absolute Gasteiger partial charge is 0.0463 e. The summed E-state index contributed by atoms with van der Waals surface area (Å²) < 4.78 is 0. The topological polar surface area (TPSA) is 15.3 Å². The summed E-state index contributed by atoms with van der Waals surface area (Å²) in [5.41, 5.74) is 8.11. The summed E-state index contributed by atoms with van der Waals surface area (Å²) in [7, 11) is 0. The Morgan fingerprint density at radius 3 is 1.32 bits per heavy atom. The molecule has 4 aromatic carbocycles. The lowest BCUT2D eigenvalue weighted by Gasteiger charge is -2.26. The Balaban J connectivity index is 1.68. The van der Waals surface area contributed by atoms with Crippen molar-refractivity contribution in [1.29, 1.82) is 0 Å². The molecule has 0 heterocycles. The summed E-state index contributed by atoms with van der Waals surface area (Å²) in [6, 6.07) is 36.1. The van der Waals surface area contributed by atoms with E-state index < -0.39 is 0 Å². The molecule has 4 aromatic rings. The van der Waals surface area contributed by atoms with Crippen molar-refractivity contribution >= 4 is 28.4 Å². The highest BCUT2D eigenvalue weighted by molar-refractivity contribution is 5.77. The second kappa shape index (κ2) is 8.01. The molecular formula is C26H24N2. The van der Waals surface area contributed by atoms with Crippen LogP contribution in [0.1, 0.15) is 11.1 Å². The van der Waals surface area contributed by atoms with E-state index in [1.165, 1.54) is 11.1 Å². The van der Waals surface area contributed by atoms with Crippen molar-refractivity contribution in [2.24, 2.45) is 0 Å². The van der Waals surface area contributed by atoms with Gasteiger partial charge in [0.1, 0.15) is 0 Å². The second-order valence-corrected chi connectivity index (χ2v) is 7.04. The SMILES string of the molecule is Cc1ccc(N(c2ccc(C)cc2)c2ccc(Nc3ccccc3)cc2)cc1. The first-order valence-electron chi connectivity index (χ1n) is 9.55. The molecule has 0 aliphatic carbocycles. The first-order chi connectivity index (χ1) is 13.7. The van der Waals surface area contributed by atoms with Crippen LogP contribution in [-0.2, 0) is 0 Å². The minimum Gasteiger partial charge on any atom is -0.356 e. The van der Waals surface area contributed by atoms with Gasteiger partial charge in [-0.05, 0) is 74.5 Å². The highest BCUT2D eigenvalue weighted by Gasteiger charge is 2.12. The van der Waals surface area contributed by atoms with Crippen LogP contribution in [0, 0.1) is 13.8 Å². The standard InChI is InChI=1S/C26H24N2/c1-20-8-14-24(15-9-20)28(25-16-10-21(2)11-17-25)26-18-12-23(13-19-26)27-22-6-4-3-5-7-22/h3-19,27H,1-2H3. The van der Waals surface area contributed by atoms with Gasteiger partial charge in [0.25, 0.3) is 0 Å². The van der Waals surface area contributed by atoms with Gasteiger partial charge in [-0.15, -0.1) is 0 Å². The van der Waals surface area contributed by atoms with Crippen molar-refractivity contribution in [3.8, 4) is 0 Å². The van der Waals surface area contributed by atoms with E-state index in [-0.39, 0.29) is 0 Å². The van der Waals surface area contributed by atoms with Crippen LogP contribution >= 0.6 is 0 Å². The van der Waals surface area contributed by atoms with Crippen molar-refractivity contribution in [1.82, 2.24) is 0 Å². The summed E-state index contributed by atoms with van der Waals surface area (Å²) in [5.74, 6) is 0. The van der Waals surface area contributed by atoms with Gasteiger partial charge in [0.2, 0.25) is 0 Å². The van der Waals surface area contributed by atoms with Crippen LogP contribution in [0.2, 0.25) is 0 Å². The monoisotopic (exact) mass is 364 g/mol. The minimum absolute atomic E-state index is 1.07. The van der Waals surface area contributed by atoms with E-state index in [9.17, 15) is 0 Å². The number of benzene rings is 4. The summed E-state index contributed by atoms with van der Waals surface area (Å²) in [4.78, 5) is 2.28. The number of hydrogen-bond donors (Lipinski definition) is 1. The Bertz CT molecular complexity index is 973. The maximum absolute atomic E-state index is 3.45. The molecule has 0 spiro atoms. The maximum atomic E-state index is 3.45. The lowest BCUT2D eigenvalue weighted by Crippen LogP contribution is -2.09. The fourth-order valence-electron chi connectivity index (χ4n) is 3.22. The third kappa shape index (κ3) is 4.07. The largest absolute Gasteiger partial charge is 0.356 e. The molecule has 0 atom stereocenters. The molecule has 0 saturated carbocycles. The predicted octanol–water partition coefficient (Wildman–Crippen LogP) is 7.52. The van der Waals surface area contributed by atoms with Gasteiger partial charge in [0, 0.05) is 28.4 Å². The van der Waals surface area contributed by atoms with Crippen LogP contribution in [0.5, 0.6) is 0 Å². The van der Waals surface area contributed by atoms with Crippen LogP contribution in [0.4, 0.5) is 28.4 Å². The van der Waals surface area contributed by atoms with Crippen molar-refractivity contribution < 1.29 is 0 Å². The molecule has 0 unspecified atom stereocenters. The molecule has 0 amide bonds. The van der Waals surface area contributed by atoms with Crippen molar-refractivity contribution in [2.75, 3.05) is 10.2 Å². The van der Waals surface area contributed by atoms with E-state index in [4.69, 9.17) is 0 Å². The van der Waals surface area contributed by atoms with Crippen molar-refractivity contribution in [2.45, 2.75) is 13.8 Å². The van der Waals surface area contributed by atoms with E-state index in [0.717, 1.165) is 28.4 Å².